The summed E-state index contributed by atoms with van der Waals surface area (Å²) in [6.07, 6.45) is 2.36. The van der Waals surface area contributed by atoms with Crippen molar-refractivity contribution in [2.75, 3.05) is 0 Å². The lowest BCUT2D eigenvalue weighted by molar-refractivity contribution is -0.139. The predicted octanol–water partition coefficient (Wildman–Crippen LogP) is 2.71. The van der Waals surface area contributed by atoms with E-state index < -0.39 is 30.4 Å². The fourth-order valence-corrected chi connectivity index (χ4v) is 2.95. The van der Waals surface area contributed by atoms with Gasteiger partial charge in [0.1, 0.15) is 0 Å². The van der Waals surface area contributed by atoms with Crippen LogP contribution in [-0.4, -0.2) is 55.9 Å². The molecule has 0 aromatic heterocycles. The zero-order valence-electron chi connectivity index (χ0n) is 16.7. The molecule has 6 nitrogen and oxygen atoms in total. The zero-order valence-corrected chi connectivity index (χ0v) is 16.7. The first-order valence-electron chi connectivity index (χ1n) is 10.1. The number of carboxylic acid groups (broad SMARTS) is 1. The number of hydrogen-bond donors (Lipinski definition) is 5. The van der Waals surface area contributed by atoms with Gasteiger partial charge >= 0.3 is 5.97 Å². The lowest BCUT2D eigenvalue weighted by atomic mass is 9.91. The lowest BCUT2D eigenvalue weighted by Gasteiger charge is -2.19. The molecule has 0 radical (unpaired) electrons. The molecule has 0 aliphatic carbocycles. The molecule has 0 saturated carbocycles. The van der Waals surface area contributed by atoms with Crippen molar-refractivity contribution in [3.8, 4) is 0 Å². The average Bonchev–Trinajstić information content (AvgIpc) is 2.54. The van der Waals surface area contributed by atoms with Gasteiger partial charge in [-0.3, -0.25) is 4.79 Å². The molecule has 26 heavy (non-hydrogen) atoms. The molecule has 5 unspecified atom stereocenters. The molecule has 0 fully saturated rings. The Balaban J connectivity index is 3.76. The summed E-state index contributed by atoms with van der Waals surface area (Å²) in [5, 5.41) is 47.8. The number of aliphatic carboxylic acids is 1. The molecule has 0 bridgehead atoms. The Kier molecular flexibility index (Phi) is 14.0. The van der Waals surface area contributed by atoms with Gasteiger partial charge in [0.2, 0.25) is 0 Å². The largest absolute Gasteiger partial charge is 0.481 e. The molecule has 0 rings (SSSR count). The van der Waals surface area contributed by atoms with Crippen molar-refractivity contribution >= 4 is 5.97 Å². The van der Waals surface area contributed by atoms with Crippen molar-refractivity contribution in [1.29, 1.82) is 0 Å². The van der Waals surface area contributed by atoms with Crippen LogP contribution in [0.3, 0.4) is 0 Å². The summed E-state index contributed by atoms with van der Waals surface area (Å²) in [6, 6.07) is 0. The molecule has 0 amide bonds. The molecule has 6 heteroatoms. The Morgan fingerprint density at radius 3 is 1.65 bits per heavy atom. The van der Waals surface area contributed by atoms with Crippen LogP contribution in [0.5, 0.6) is 0 Å². The number of rotatable bonds is 16. The van der Waals surface area contributed by atoms with Gasteiger partial charge in [0, 0.05) is 0 Å². The van der Waals surface area contributed by atoms with Gasteiger partial charge in [-0.25, -0.2) is 0 Å². The normalized spacial score (nSPS) is 17.7. The Morgan fingerprint density at radius 2 is 1.15 bits per heavy atom. The molecule has 5 atom stereocenters. The molecular formula is C20H40O6. The highest BCUT2D eigenvalue weighted by atomic mass is 16.4. The van der Waals surface area contributed by atoms with Gasteiger partial charge in [-0.2, -0.15) is 0 Å². The maximum absolute atomic E-state index is 10.5. The topological polar surface area (TPSA) is 118 Å². The molecule has 5 N–H and O–H groups in total. The first-order chi connectivity index (χ1) is 12.1. The van der Waals surface area contributed by atoms with Gasteiger partial charge in [-0.1, -0.05) is 40.0 Å². The van der Waals surface area contributed by atoms with E-state index in [1.807, 2.05) is 0 Å². The smallest absolute Gasteiger partial charge is 0.305 e. The van der Waals surface area contributed by atoms with Gasteiger partial charge in [-0.05, 0) is 50.4 Å². The van der Waals surface area contributed by atoms with E-state index in [4.69, 9.17) is 5.11 Å². The van der Waals surface area contributed by atoms with Gasteiger partial charge in [0.05, 0.1) is 30.8 Å². The van der Waals surface area contributed by atoms with Crippen LogP contribution >= 0.6 is 0 Å². The zero-order chi connectivity index (χ0) is 20.1. The van der Waals surface area contributed by atoms with Crippen molar-refractivity contribution in [2.45, 2.75) is 109 Å². The molecule has 0 spiro atoms. The quantitative estimate of drug-likeness (QED) is 0.264. The number of carboxylic acids is 1. The SMILES string of the molecule is CC(C)C(C)CCCCC(O)CCC(O)CC(O)CCC(O)CC(=O)O. The van der Waals surface area contributed by atoms with Crippen molar-refractivity contribution in [3.63, 3.8) is 0 Å². The van der Waals surface area contributed by atoms with Crippen LogP contribution in [0.2, 0.25) is 0 Å². The Hall–Kier alpha value is -0.690. The van der Waals surface area contributed by atoms with Crippen molar-refractivity contribution in [1.82, 2.24) is 0 Å². The maximum atomic E-state index is 10.5. The monoisotopic (exact) mass is 376 g/mol. The van der Waals surface area contributed by atoms with E-state index in [1.54, 1.807) is 0 Å². The number of carbonyl (C=O) groups is 1. The minimum absolute atomic E-state index is 0.179. The number of aliphatic hydroxyl groups excluding tert-OH is 4. The van der Waals surface area contributed by atoms with Crippen molar-refractivity contribution in [3.05, 3.63) is 0 Å². The first kappa shape index (κ1) is 25.3. The van der Waals surface area contributed by atoms with E-state index in [-0.39, 0.29) is 25.7 Å². The second-order valence-corrected chi connectivity index (χ2v) is 8.11. The van der Waals surface area contributed by atoms with Crippen molar-refractivity contribution < 1.29 is 30.3 Å². The standard InChI is InChI=1S/C20H40O6/c1-14(2)15(3)6-4-5-7-16(21)8-9-17(22)12-18(23)10-11-19(24)13-20(25)26/h14-19,21-24H,4-13H2,1-3H3,(H,25,26). The van der Waals surface area contributed by atoms with E-state index in [2.05, 4.69) is 20.8 Å². The predicted molar refractivity (Wildman–Crippen MR) is 102 cm³/mol. The van der Waals surface area contributed by atoms with E-state index in [1.165, 1.54) is 6.42 Å². The third-order valence-electron chi connectivity index (χ3n) is 5.21. The Bertz CT molecular complexity index is 360. The number of hydrogen-bond acceptors (Lipinski definition) is 5. The highest BCUT2D eigenvalue weighted by Crippen LogP contribution is 2.19. The first-order valence-corrected chi connectivity index (χ1v) is 10.1. The highest BCUT2D eigenvalue weighted by Gasteiger charge is 2.17. The molecule has 0 saturated heterocycles. The molecule has 0 aliphatic heterocycles. The summed E-state index contributed by atoms with van der Waals surface area (Å²) in [6.45, 7) is 6.70. The summed E-state index contributed by atoms with van der Waals surface area (Å²) in [7, 11) is 0. The van der Waals surface area contributed by atoms with Crippen LogP contribution in [0, 0.1) is 11.8 Å². The van der Waals surface area contributed by atoms with E-state index in [9.17, 15) is 25.2 Å². The molecule has 0 aliphatic rings. The summed E-state index contributed by atoms with van der Waals surface area (Å²) in [5.74, 6) is 0.316. The van der Waals surface area contributed by atoms with E-state index >= 15 is 0 Å². The van der Waals surface area contributed by atoms with Crippen molar-refractivity contribution in [2.24, 2.45) is 11.8 Å². The molecule has 156 valence electrons. The van der Waals surface area contributed by atoms with Crippen LogP contribution in [-0.2, 0) is 4.79 Å². The second-order valence-electron chi connectivity index (χ2n) is 8.11. The minimum atomic E-state index is -1.07. The summed E-state index contributed by atoms with van der Waals surface area (Å²) < 4.78 is 0. The minimum Gasteiger partial charge on any atom is -0.481 e. The number of unbranched alkanes of at least 4 members (excludes halogenated alkanes) is 1. The van der Waals surface area contributed by atoms with Crippen LogP contribution in [0.4, 0.5) is 0 Å². The lowest BCUT2D eigenvalue weighted by Crippen LogP contribution is -2.22. The maximum Gasteiger partial charge on any atom is 0.305 e. The van der Waals surface area contributed by atoms with Crippen LogP contribution in [0.25, 0.3) is 0 Å². The summed E-state index contributed by atoms with van der Waals surface area (Å²) >= 11 is 0. The number of aliphatic hydroxyl groups is 4. The Labute approximate surface area is 158 Å². The third-order valence-corrected chi connectivity index (χ3v) is 5.21. The van der Waals surface area contributed by atoms with Gasteiger partial charge in [0.25, 0.3) is 0 Å². The van der Waals surface area contributed by atoms with Gasteiger partial charge in [-0.15, -0.1) is 0 Å². The summed E-state index contributed by atoms with van der Waals surface area (Å²) in [4.78, 5) is 10.5. The third kappa shape index (κ3) is 14.5. The van der Waals surface area contributed by atoms with Crippen LogP contribution in [0.15, 0.2) is 0 Å². The van der Waals surface area contributed by atoms with Crippen LogP contribution < -0.4 is 0 Å². The molecule has 0 aromatic carbocycles. The highest BCUT2D eigenvalue weighted by molar-refractivity contribution is 5.67. The second kappa shape index (κ2) is 14.4. The molecular weight excluding hydrogens is 336 g/mol. The molecule has 0 aromatic rings. The van der Waals surface area contributed by atoms with Crippen LogP contribution in [0.1, 0.15) is 85.0 Å². The Morgan fingerprint density at radius 1 is 0.692 bits per heavy atom. The van der Waals surface area contributed by atoms with E-state index in [0.717, 1.165) is 19.3 Å². The average molecular weight is 377 g/mol. The summed E-state index contributed by atoms with van der Waals surface area (Å²) in [5.41, 5.74) is 0. The molecule has 0 heterocycles. The van der Waals surface area contributed by atoms with E-state index in [0.29, 0.717) is 24.7 Å². The van der Waals surface area contributed by atoms with Gasteiger partial charge < -0.3 is 25.5 Å². The fourth-order valence-electron chi connectivity index (χ4n) is 2.95. The van der Waals surface area contributed by atoms with Gasteiger partial charge in [0.15, 0.2) is 0 Å². The fraction of sp³-hybridized carbons (Fsp3) is 0.950.